The summed E-state index contributed by atoms with van der Waals surface area (Å²) in [5.41, 5.74) is 2.89. The van der Waals surface area contributed by atoms with E-state index in [0.29, 0.717) is 29.7 Å². The quantitative estimate of drug-likeness (QED) is 0.821. The maximum atomic E-state index is 13.0. The molecule has 2 heterocycles. The van der Waals surface area contributed by atoms with E-state index in [1.54, 1.807) is 18.2 Å². The molecule has 1 fully saturated rings. The fourth-order valence-corrected chi connectivity index (χ4v) is 4.75. The molecule has 0 N–H and O–H groups in total. The molecule has 2 aromatic rings. The first-order valence-corrected chi connectivity index (χ1v) is 10.3. The molecule has 140 valence electrons. The van der Waals surface area contributed by atoms with Gasteiger partial charge in [0.2, 0.25) is 15.9 Å². The number of sulfonamides is 1. The zero-order chi connectivity index (χ0) is 18.9. The lowest BCUT2D eigenvalue weighted by Crippen LogP contribution is -2.44. The first-order valence-electron chi connectivity index (χ1n) is 8.82. The Morgan fingerprint density at radius 2 is 1.85 bits per heavy atom. The lowest BCUT2D eigenvalue weighted by molar-refractivity contribution is 0.124. The number of ether oxygens (including phenoxy) is 1. The van der Waals surface area contributed by atoms with Crippen molar-refractivity contribution in [3.63, 3.8) is 0 Å². The van der Waals surface area contributed by atoms with Gasteiger partial charge in [0.25, 0.3) is 0 Å². The van der Waals surface area contributed by atoms with Crippen LogP contribution >= 0.6 is 0 Å². The Hall–Kier alpha value is -1.99. The summed E-state index contributed by atoms with van der Waals surface area (Å²) in [6.45, 7) is 8.45. The lowest BCUT2D eigenvalue weighted by Gasteiger charge is -2.32. The second kappa shape index (κ2) is 7.32. The van der Waals surface area contributed by atoms with Crippen LogP contribution in [0.15, 0.2) is 29.2 Å². The molecule has 0 bridgehead atoms. The number of hydrogen-bond acceptors (Lipinski definition) is 5. The van der Waals surface area contributed by atoms with Gasteiger partial charge in [0.05, 0.1) is 11.4 Å². The van der Waals surface area contributed by atoms with Crippen LogP contribution in [-0.4, -0.2) is 41.9 Å². The third-order valence-corrected chi connectivity index (χ3v) is 6.55. The molecule has 7 heteroatoms. The maximum Gasteiger partial charge on any atom is 0.243 e. The van der Waals surface area contributed by atoms with E-state index in [1.807, 2.05) is 33.8 Å². The smallest absolute Gasteiger partial charge is 0.243 e. The number of benzene rings is 1. The van der Waals surface area contributed by atoms with Crippen molar-refractivity contribution in [3.05, 3.63) is 46.9 Å². The number of aromatic nitrogens is 2. The molecule has 0 amide bonds. The Balaban J connectivity index is 1.77. The summed E-state index contributed by atoms with van der Waals surface area (Å²) in [7, 11) is -3.52. The van der Waals surface area contributed by atoms with E-state index < -0.39 is 10.0 Å². The van der Waals surface area contributed by atoms with Crippen LogP contribution < -0.4 is 4.74 Å². The van der Waals surface area contributed by atoms with Crippen LogP contribution in [0.2, 0.25) is 0 Å². The summed E-state index contributed by atoms with van der Waals surface area (Å²) in [6, 6.07) is 7.06. The molecule has 3 rings (SSSR count). The van der Waals surface area contributed by atoms with Gasteiger partial charge in [-0.2, -0.15) is 9.29 Å². The average molecular weight is 375 g/mol. The molecule has 1 aromatic heterocycles. The van der Waals surface area contributed by atoms with E-state index in [0.717, 1.165) is 29.7 Å². The van der Waals surface area contributed by atoms with E-state index in [9.17, 15) is 8.42 Å². The van der Waals surface area contributed by atoms with Gasteiger partial charge in [-0.3, -0.25) is 0 Å². The van der Waals surface area contributed by atoms with Gasteiger partial charge in [-0.15, -0.1) is 0 Å². The van der Waals surface area contributed by atoms with Crippen molar-refractivity contribution in [1.82, 2.24) is 14.3 Å². The molecule has 1 unspecified atom stereocenters. The minimum absolute atomic E-state index is 0.209. The zero-order valence-electron chi connectivity index (χ0n) is 15.7. The van der Waals surface area contributed by atoms with Crippen LogP contribution in [0.5, 0.6) is 5.88 Å². The first kappa shape index (κ1) is 18.8. The van der Waals surface area contributed by atoms with E-state index in [2.05, 4.69) is 9.97 Å². The molecule has 0 saturated carbocycles. The van der Waals surface area contributed by atoms with Crippen LogP contribution in [0.25, 0.3) is 0 Å². The normalized spacial score (nSPS) is 18.7. The highest BCUT2D eigenvalue weighted by atomic mass is 32.2. The third kappa shape index (κ3) is 4.04. The highest BCUT2D eigenvalue weighted by Gasteiger charge is 2.31. The molecule has 26 heavy (non-hydrogen) atoms. The van der Waals surface area contributed by atoms with Crippen LogP contribution in [0.4, 0.5) is 0 Å². The molecule has 1 aliphatic rings. The number of nitrogens with zero attached hydrogens (tertiary/aromatic N) is 3. The van der Waals surface area contributed by atoms with Crippen LogP contribution in [-0.2, 0) is 10.0 Å². The minimum Gasteiger partial charge on any atom is -0.473 e. The SMILES string of the molecule is Cc1cc(OC2CCCN(S(=O)(=O)c3ccc(C)c(C)c3)C2)nc(C)n1. The van der Waals surface area contributed by atoms with Crippen molar-refractivity contribution in [3.8, 4) is 5.88 Å². The van der Waals surface area contributed by atoms with Crippen molar-refractivity contribution in [1.29, 1.82) is 0 Å². The molecule has 0 spiro atoms. The van der Waals surface area contributed by atoms with Crippen molar-refractivity contribution in [2.45, 2.75) is 51.5 Å². The monoisotopic (exact) mass is 375 g/mol. The average Bonchev–Trinajstić information content (AvgIpc) is 2.56. The van der Waals surface area contributed by atoms with Crippen molar-refractivity contribution in [2.24, 2.45) is 0 Å². The summed E-state index contributed by atoms with van der Waals surface area (Å²) < 4.78 is 33.5. The third-order valence-electron chi connectivity index (χ3n) is 4.69. The summed E-state index contributed by atoms with van der Waals surface area (Å²) in [5, 5.41) is 0. The molecule has 0 aliphatic carbocycles. The maximum absolute atomic E-state index is 13.0. The highest BCUT2D eigenvalue weighted by Crippen LogP contribution is 2.24. The molecule has 6 nitrogen and oxygen atoms in total. The lowest BCUT2D eigenvalue weighted by atomic mass is 10.1. The molecule has 0 radical (unpaired) electrons. The number of rotatable bonds is 4. The van der Waals surface area contributed by atoms with Crippen molar-refractivity contribution >= 4 is 10.0 Å². The van der Waals surface area contributed by atoms with Gasteiger partial charge < -0.3 is 4.74 Å². The van der Waals surface area contributed by atoms with Gasteiger partial charge in [0.15, 0.2) is 0 Å². The predicted molar refractivity (Wildman–Crippen MR) is 99.8 cm³/mol. The standard InChI is InChI=1S/C19H25N3O3S/c1-13-7-8-18(10-14(13)2)26(23,24)22-9-5-6-17(12-22)25-19-11-15(3)20-16(4)21-19/h7-8,10-11,17H,5-6,9,12H2,1-4H3. The van der Waals surface area contributed by atoms with E-state index >= 15 is 0 Å². The predicted octanol–water partition coefficient (Wildman–Crippen LogP) is 2.94. The Labute approximate surface area is 155 Å². The molecular formula is C19H25N3O3S. The van der Waals surface area contributed by atoms with Gasteiger partial charge in [0, 0.05) is 18.3 Å². The number of hydrogen-bond donors (Lipinski definition) is 0. The van der Waals surface area contributed by atoms with Crippen LogP contribution in [0.1, 0.15) is 35.5 Å². The van der Waals surface area contributed by atoms with E-state index in [1.165, 1.54) is 4.31 Å². The molecule has 1 atom stereocenters. The zero-order valence-corrected chi connectivity index (χ0v) is 16.5. The Kier molecular flexibility index (Phi) is 5.29. The van der Waals surface area contributed by atoms with Gasteiger partial charge in [0.1, 0.15) is 11.9 Å². The van der Waals surface area contributed by atoms with Gasteiger partial charge in [-0.1, -0.05) is 6.07 Å². The van der Waals surface area contributed by atoms with Gasteiger partial charge in [-0.05, 0) is 63.8 Å². The van der Waals surface area contributed by atoms with E-state index in [4.69, 9.17) is 4.74 Å². The van der Waals surface area contributed by atoms with Gasteiger partial charge in [-0.25, -0.2) is 13.4 Å². The summed E-state index contributed by atoms with van der Waals surface area (Å²) in [5.74, 6) is 1.15. The van der Waals surface area contributed by atoms with Crippen molar-refractivity contribution < 1.29 is 13.2 Å². The second-order valence-corrected chi connectivity index (χ2v) is 8.82. The number of aryl methyl sites for hydroxylation is 4. The summed E-state index contributed by atoms with van der Waals surface area (Å²) >= 11 is 0. The fourth-order valence-electron chi connectivity index (χ4n) is 3.16. The van der Waals surface area contributed by atoms with Crippen LogP contribution in [0.3, 0.4) is 0 Å². The Morgan fingerprint density at radius 3 is 2.54 bits per heavy atom. The second-order valence-electron chi connectivity index (χ2n) is 6.89. The Bertz CT molecular complexity index is 892. The van der Waals surface area contributed by atoms with Crippen molar-refractivity contribution in [2.75, 3.05) is 13.1 Å². The summed E-state index contributed by atoms with van der Waals surface area (Å²) in [4.78, 5) is 8.88. The topological polar surface area (TPSA) is 72.4 Å². The van der Waals surface area contributed by atoms with E-state index in [-0.39, 0.29) is 6.10 Å². The molecule has 1 aliphatic heterocycles. The Morgan fingerprint density at radius 1 is 1.08 bits per heavy atom. The fraction of sp³-hybridized carbons (Fsp3) is 0.474. The van der Waals surface area contributed by atoms with Crippen LogP contribution in [0, 0.1) is 27.7 Å². The van der Waals surface area contributed by atoms with Gasteiger partial charge >= 0.3 is 0 Å². The highest BCUT2D eigenvalue weighted by molar-refractivity contribution is 7.89. The minimum atomic E-state index is -3.52. The number of piperidine rings is 1. The first-order chi connectivity index (χ1) is 12.3. The molecule has 1 saturated heterocycles. The largest absolute Gasteiger partial charge is 0.473 e. The molecule has 1 aromatic carbocycles. The summed E-state index contributed by atoms with van der Waals surface area (Å²) in [6.07, 6.45) is 1.36. The molecular weight excluding hydrogens is 350 g/mol.